The molecule has 0 aliphatic heterocycles. The van der Waals surface area contributed by atoms with Gasteiger partial charge in [0.05, 0.1) is 12.8 Å². The highest BCUT2D eigenvalue weighted by atomic mass is 16.3. The fourth-order valence-electron chi connectivity index (χ4n) is 1.68. The van der Waals surface area contributed by atoms with Gasteiger partial charge in [-0.2, -0.15) is 0 Å². The first-order chi connectivity index (χ1) is 8.34. The van der Waals surface area contributed by atoms with E-state index in [0.29, 0.717) is 0 Å². The summed E-state index contributed by atoms with van der Waals surface area (Å²) in [5.41, 5.74) is 2.45. The van der Waals surface area contributed by atoms with E-state index in [2.05, 4.69) is 41.8 Å². The molecule has 3 heteroatoms. The predicted molar refractivity (Wildman–Crippen MR) is 70.1 cm³/mol. The van der Waals surface area contributed by atoms with E-state index in [4.69, 9.17) is 4.42 Å². The van der Waals surface area contributed by atoms with E-state index in [-0.39, 0.29) is 0 Å². The molecular formula is C14H18N2O. The van der Waals surface area contributed by atoms with Gasteiger partial charge in [0.1, 0.15) is 5.76 Å². The summed E-state index contributed by atoms with van der Waals surface area (Å²) in [4.78, 5) is 0. The maximum Gasteiger partial charge on any atom is 0.117 e. The van der Waals surface area contributed by atoms with E-state index in [0.717, 1.165) is 25.4 Å². The summed E-state index contributed by atoms with van der Waals surface area (Å²) in [6.45, 7) is 4.70. The number of rotatable bonds is 6. The lowest BCUT2D eigenvalue weighted by Crippen LogP contribution is -2.21. The Morgan fingerprint density at radius 1 is 1.12 bits per heavy atom. The number of anilines is 1. The van der Waals surface area contributed by atoms with Gasteiger partial charge in [-0.1, -0.05) is 12.1 Å². The van der Waals surface area contributed by atoms with Gasteiger partial charge in [0.25, 0.3) is 0 Å². The van der Waals surface area contributed by atoms with Crippen molar-refractivity contribution in [3.63, 3.8) is 0 Å². The van der Waals surface area contributed by atoms with Crippen LogP contribution in [0.3, 0.4) is 0 Å². The van der Waals surface area contributed by atoms with Gasteiger partial charge in [0.2, 0.25) is 0 Å². The molecule has 0 saturated carbocycles. The summed E-state index contributed by atoms with van der Waals surface area (Å²) >= 11 is 0. The molecular weight excluding hydrogens is 212 g/mol. The molecule has 1 aromatic carbocycles. The van der Waals surface area contributed by atoms with E-state index in [1.807, 2.05) is 12.1 Å². The molecule has 0 fully saturated rings. The van der Waals surface area contributed by atoms with Crippen LogP contribution in [-0.4, -0.2) is 13.1 Å². The van der Waals surface area contributed by atoms with Crippen LogP contribution in [-0.2, 0) is 6.54 Å². The van der Waals surface area contributed by atoms with Crippen molar-refractivity contribution in [3.8, 4) is 0 Å². The van der Waals surface area contributed by atoms with Crippen LogP contribution in [0, 0.1) is 6.92 Å². The lowest BCUT2D eigenvalue weighted by molar-refractivity contribution is 0.486. The Kier molecular flexibility index (Phi) is 4.22. The maximum atomic E-state index is 5.23. The standard InChI is InChI=1S/C14H18N2O/c1-12-4-2-5-13(10-12)16-8-7-15-11-14-6-3-9-17-14/h2-6,9-10,15-16H,7-8,11H2,1H3. The van der Waals surface area contributed by atoms with E-state index >= 15 is 0 Å². The number of benzene rings is 1. The van der Waals surface area contributed by atoms with Gasteiger partial charge in [-0.05, 0) is 36.8 Å². The maximum absolute atomic E-state index is 5.23. The third kappa shape index (κ3) is 3.96. The van der Waals surface area contributed by atoms with E-state index in [9.17, 15) is 0 Å². The van der Waals surface area contributed by atoms with Crippen LogP contribution in [0.4, 0.5) is 5.69 Å². The first-order valence-corrected chi connectivity index (χ1v) is 5.88. The highest BCUT2D eigenvalue weighted by Crippen LogP contribution is 2.08. The van der Waals surface area contributed by atoms with Gasteiger partial charge in [0.15, 0.2) is 0 Å². The van der Waals surface area contributed by atoms with Crippen LogP contribution in [0.15, 0.2) is 47.1 Å². The van der Waals surface area contributed by atoms with Crippen LogP contribution in [0.2, 0.25) is 0 Å². The van der Waals surface area contributed by atoms with Gasteiger partial charge in [-0.3, -0.25) is 0 Å². The smallest absolute Gasteiger partial charge is 0.117 e. The normalized spacial score (nSPS) is 10.4. The van der Waals surface area contributed by atoms with Crippen LogP contribution in [0.25, 0.3) is 0 Å². The van der Waals surface area contributed by atoms with Crippen LogP contribution in [0.5, 0.6) is 0 Å². The zero-order chi connectivity index (χ0) is 11.9. The Morgan fingerprint density at radius 2 is 2.06 bits per heavy atom. The Labute approximate surface area is 102 Å². The quantitative estimate of drug-likeness (QED) is 0.749. The molecule has 90 valence electrons. The van der Waals surface area contributed by atoms with Crippen molar-refractivity contribution in [2.75, 3.05) is 18.4 Å². The Balaban J connectivity index is 1.63. The molecule has 0 radical (unpaired) electrons. The van der Waals surface area contributed by atoms with Gasteiger partial charge in [0, 0.05) is 18.8 Å². The molecule has 0 atom stereocenters. The lowest BCUT2D eigenvalue weighted by Gasteiger charge is -2.07. The number of hydrogen-bond donors (Lipinski definition) is 2. The highest BCUT2D eigenvalue weighted by Gasteiger charge is 1.94. The molecule has 2 N–H and O–H groups in total. The molecule has 1 aromatic heterocycles. The summed E-state index contributed by atoms with van der Waals surface area (Å²) in [5.74, 6) is 0.973. The average Bonchev–Trinajstić information content (AvgIpc) is 2.82. The highest BCUT2D eigenvalue weighted by molar-refractivity contribution is 5.45. The summed E-state index contributed by atoms with van der Waals surface area (Å²) in [5, 5.41) is 6.69. The van der Waals surface area contributed by atoms with Crippen LogP contribution in [0.1, 0.15) is 11.3 Å². The molecule has 1 heterocycles. The van der Waals surface area contributed by atoms with Crippen LogP contribution >= 0.6 is 0 Å². The van der Waals surface area contributed by atoms with E-state index in [1.165, 1.54) is 11.3 Å². The predicted octanol–water partition coefficient (Wildman–Crippen LogP) is 2.79. The Bertz CT molecular complexity index is 437. The van der Waals surface area contributed by atoms with Crippen molar-refractivity contribution >= 4 is 5.69 Å². The molecule has 17 heavy (non-hydrogen) atoms. The Hall–Kier alpha value is -1.74. The molecule has 0 amide bonds. The SMILES string of the molecule is Cc1cccc(NCCNCc2ccco2)c1. The minimum atomic E-state index is 0.780. The fraction of sp³-hybridized carbons (Fsp3) is 0.286. The molecule has 2 aromatic rings. The molecule has 0 aliphatic rings. The second kappa shape index (κ2) is 6.11. The third-order valence-electron chi connectivity index (χ3n) is 2.53. The molecule has 0 unspecified atom stereocenters. The molecule has 0 aliphatic carbocycles. The zero-order valence-corrected chi connectivity index (χ0v) is 10.1. The molecule has 0 saturated heterocycles. The summed E-state index contributed by atoms with van der Waals surface area (Å²) in [7, 11) is 0. The summed E-state index contributed by atoms with van der Waals surface area (Å²) < 4.78 is 5.23. The lowest BCUT2D eigenvalue weighted by atomic mass is 10.2. The largest absolute Gasteiger partial charge is 0.468 e. The first-order valence-electron chi connectivity index (χ1n) is 5.88. The second-order valence-corrected chi connectivity index (χ2v) is 4.05. The van der Waals surface area contributed by atoms with Crippen molar-refractivity contribution < 1.29 is 4.42 Å². The minimum absolute atomic E-state index is 0.780. The van der Waals surface area contributed by atoms with Crippen molar-refractivity contribution in [3.05, 3.63) is 54.0 Å². The van der Waals surface area contributed by atoms with Gasteiger partial charge in [-0.15, -0.1) is 0 Å². The van der Waals surface area contributed by atoms with E-state index in [1.54, 1.807) is 6.26 Å². The second-order valence-electron chi connectivity index (χ2n) is 4.05. The number of aryl methyl sites for hydroxylation is 1. The van der Waals surface area contributed by atoms with Crippen molar-refractivity contribution in [1.82, 2.24) is 5.32 Å². The van der Waals surface area contributed by atoms with Crippen molar-refractivity contribution in [2.45, 2.75) is 13.5 Å². The van der Waals surface area contributed by atoms with Crippen molar-refractivity contribution in [2.24, 2.45) is 0 Å². The monoisotopic (exact) mass is 230 g/mol. The molecule has 3 nitrogen and oxygen atoms in total. The molecule has 0 spiro atoms. The minimum Gasteiger partial charge on any atom is -0.468 e. The average molecular weight is 230 g/mol. The summed E-state index contributed by atoms with van der Waals surface area (Å²) in [6, 6.07) is 12.3. The van der Waals surface area contributed by atoms with Crippen molar-refractivity contribution in [1.29, 1.82) is 0 Å². The van der Waals surface area contributed by atoms with E-state index < -0.39 is 0 Å². The Morgan fingerprint density at radius 3 is 2.82 bits per heavy atom. The zero-order valence-electron chi connectivity index (χ0n) is 10.1. The van der Waals surface area contributed by atoms with Crippen LogP contribution < -0.4 is 10.6 Å². The molecule has 2 rings (SSSR count). The number of nitrogens with one attached hydrogen (secondary N) is 2. The fourth-order valence-corrected chi connectivity index (χ4v) is 1.68. The van der Waals surface area contributed by atoms with Gasteiger partial charge >= 0.3 is 0 Å². The first kappa shape index (κ1) is 11.7. The summed E-state index contributed by atoms with van der Waals surface area (Å²) in [6.07, 6.45) is 1.70. The third-order valence-corrected chi connectivity index (χ3v) is 2.53. The van der Waals surface area contributed by atoms with Gasteiger partial charge in [-0.25, -0.2) is 0 Å². The topological polar surface area (TPSA) is 37.2 Å². The number of hydrogen-bond acceptors (Lipinski definition) is 3. The number of furan rings is 1. The molecule has 0 bridgehead atoms. The van der Waals surface area contributed by atoms with Gasteiger partial charge < -0.3 is 15.1 Å².